The molecule has 2 fully saturated rings. The van der Waals surface area contributed by atoms with Crippen molar-refractivity contribution in [1.29, 1.82) is 10.5 Å². The Kier molecular flexibility index (Phi) is 8.01. The van der Waals surface area contributed by atoms with Crippen LogP contribution in [0.4, 0.5) is 0 Å². The Morgan fingerprint density at radius 3 is 1.09 bits per heavy atom. The molecule has 0 radical (unpaired) electrons. The first-order valence-corrected chi connectivity index (χ1v) is 12.5. The van der Waals surface area contributed by atoms with Gasteiger partial charge in [-0.3, -0.25) is 20.4 Å². The summed E-state index contributed by atoms with van der Waals surface area (Å²) in [5, 5.41) is 30.7. The zero-order valence-electron chi connectivity index (χ0n) is 22.9. The smallest absolute Gasteiger partial charge is 0.110 e. The third kappa shape index (κ3) is 6.08. The average molecular weight is 460 g/mol. The molecule has 2 rings (SSSR count). The highest BCUT2D eigenvalue weighted by molar-refractivity contribution is 5.19. The van der Waals surface area contributed by atoms with Crippen LogP contribution in [0.2, 0.25) is 0 Å². The number of nitriles is 2. The molecule has 7 nitrogen and oxygen atoms in total. The fraction of sp³-hybridized carbons (Fsp3) is 0.923. The number of nitrogens with one attached hydrogen (secondary N) is 3. The van der Waals surface area contributed by atoms with Gasteiger partial charge in [-0.2, -0.15) is 10.5 Å². The van der Waals surface area contributed by atoms with Gasteiger partial charge in [-0.25, -0.2) is 0 Å². The summed E-state index contributed by atoms with van der Waals surface area (Å²) in [6.07, 6.45) is 3.23. The number of hydrogen-bond donors (Lipinski definition) is 3. The number of likely N-dealkylation sites (tertiary alicyclic amines) is 2. The zero-order chi connectivity index (χ0) is 25.3. The number of rotatable bonds is 8. The van der Waals surface area contributed by atoms with Crippen LogP contribution in [-0.2, 0) is 0 Å². The number of hydrogen-bond acceptors (Lipinski definition) is 7. The average Bonchev–Trinajstić information content (AvgIpc) is 2.68. The van der Waals surface area contributed by atoms with Crippen LogP contribution in [0.1, 0.15) is 81.1 Å². The van der Waals surface area contributed by atoms with Crippen molar-refractivity contribution in [2.75, 3.05) is 40.3 Å². The minimum atomic E-state index is -0.504. The molecule has 33 heavy (non-hydrogen) atoms. The Balaban J connectivity index is 1.83. The lowest BCUT2D eigenvalue weighted by Crippen LogP contribution is -2.67. The van der Waals surface area contributed by atoms with E-state index in [0.717, 1.165) is 51.9 Å². The Labute approximate surface area is 203 Å². The zero-order valence-corrected chi connectivity index (χ0v) is 22.9. The van der Waals surface area contributed by atoms with Crippen molar-refractivity contribution >= 4 is 0 Å². The van der Waals surface area contributed by atoms with E-state index in [4.69, 9.17) is 0 Å². The summed E-state index contributed by atoms with van der Waals surface area (Å²) in [6.45, 7) is 20.9. The van der Waals surface area contributed by atoms with Crippen molar-refractivity contribution in [1.82, 2.24) is 25.8 Å². The summed E-state index contributed by atoms with van der Waals surface area (Å²) in [5.74, 6) is 0. The molecule has 0 atom stereocenters. The Morgan fingerprint density at radius 1 is 0.576 bits per heavy atom. The summed E-state index contributed by atoms with van der Waals surface area (Å²) in [5.41, 5.74) is -1.16. The second kappa shape index (κ2) is 9.44. The minimum absolute atomic E-state index is 0.0386. The Morgan fingerprint density at radius 2 is 0.848 bits per heavy atom. The predicted molar refractivity (Wildman–Crippen MR) is 136 cm³/mol. The molecule has 0 saturated carbocycles. The van der Waals surface area contributed by atoms with Gasteiger partial charge in [-0.05, 0) is 95.2 Å². The van der Waals surface area contributed by atoms with Gasteiger partial charge >= 0.3 is 0 Å². The van der Waals surface area contributed by atoms with Crippen LogP contribution in [-0.4, -0.2) is 83.3 Å². The largest absolute Gasteiger partial charge is 0.314 e. The van der Waals surface area contributed by atoms with Crippen LogP contribution >= 0.6 is 0 Å². The van der Waals surface area contributed by atoms with E-state index < -0.39 is 11.1 Å². The molecule has 0 aromatic carbocycles. The fourth-order valence-corrected chi connectivity index (χ4v) is 6.58. The molecule has 0 bridgehead atoms. The highest BCUT2D eigenvalue weighted by Crippen LogP contribution is 2.43. The van der Waals surface area contributed by atoms with E-state index in [2.05, 4.69) is 107 Å². The molecule has 2 aliphatic heterocycles. The second-order valence-electron chi connectivity index (χ2n) is 13.1. The molecular weight excluding hydrogens is 410 g/mol. The van der Waals surface area contributed by atoms with Crippen molar-refractivity contribution in [2.24, 2.45) is 0 Å². The molecule has 0 aromatic rings. The van der Waals surface area contributed by atoms with Crippen molar-refractivity contribution in [2.45, 2.75) is 114 Å². The van der Waals surface area contributed by atoms with Gasteiger partial charge in [-0.15, -0.1) is 0 Å². The van der Waals surface area contributed by atoms with E-state index in [0.29, 0.717) is 0 Å². The van der Waals surface area contributed by atoms with Crippen molar-refractivity contribution in [3.63, 3.8) is 0 Å². The monoisotopic (exact) mass is 459 g/mol. The maximum atomic E-state index is 10.0. The Hall–Kier alpha value is -1.22. The lowest BCUT2D eigenvalue weighted by Gasteiger charge is -2.56. The quantitative estimate of drug-likeness (QED) is 0.481. The van der Waals surface area contributed by atoms with E-state index in [-0.39, 0.29) is 22.2 Å². The SMILES string of the molecule is CN1C(C)(C)CC(C#N)(NCCNCCNC2(C#N)CC(C)(C)N(C)C(C)(C)C2)CC1(C)C. The summed E-state index contributed by atoms with van der Waals surface area (Å²) in [6, 6.07) is 5.22. The second-order valence-corrected chi connectivity index (χ2v) is 13.1. The predicted octanol–water partition coefficient (Wildman–Crippen LogP) is 2.85. The lowest BCUT2D eigenvalue weighted by molar-refractivity contribution is -0.0353. The molecule has 0 unspecified atom stereocenters. The molecule has 188 valence electrons. The van der Waals surface area contributed by atoms with Gasteiger partial charge in [-0.1, -0.05) is 0 Å². The van der Waals surface area contributed by atoms with Crippen molar-refractivity contribution < 1.29 is 0 Å². The molecule has 2 heterocycles. The highest BCUT2D eigenvalue weighted by atomic mass is 15.3. The van der Waals surface area contributed by atoms with Gasteiger partial charge in [0.25, 0.3) is 0 Å². The molecule has 0 aliphatic carbocycles. The first-order valence-electron chi connectivity index (χ1n) is 12.5. The van der Waals surface area contributed by atoms with Crippen LogP contribution in [0.5, 0.6) is 0 Å². The highest BCUT2D eigenvalue weighted by Gasteiger charge is 2.52. The van der Waals surface area contributed by atoms with Gasteiger partial charge in [0.05, 0.1) is 12.1 Å². The third-order valence-electron chi connectivity index (χ3n) is 8.53. The van der Waals surface area contributed by atoms with E-state index >= 15 is 0 Å². The molecular formula is C26H49N7. The van der Waals surface area contributed by atoms with Crippen LogP contribution < -0.4 is 16.0 Å². The van der Waals surface area contributed by atoms with E-state index in [1.165, 1.54) is 0 Å². The fourth-order valence-electron chi connectivity index (χ4n) is 6.58. The molecule has 2 aliphatic rings. The van der Waals surface area contributed by atoms with Crippen LogP contribution in [0.25, 0.3) is 0 Å². The van der Waals surface area contributed by atoms with Gasteiger partial charge in [0.15, 0.2) is 0 Å². The molecule has 0 spiro atoms. The molecule has 3 N–H and O–H groups in total. The first-order chi connectivity index (χ1) is 15.0. The first kappa shape index (κ1) is 28.0. The molecule has 7 heteroatoms. The molecule has 0 amide bonds. The topological polar surface area (TPSA) is 90.1 Å². The maximum absolute atomic E-state index is 10.0. The summed E-state index contributed by atoms with van der Waals surface area (Å²) >= 11 is 0. The Bertz CT molecular complexity index is 668. The van der Waals surface area contributed by atoms with Crippen LogP contribution in [0.3, 0.4) is 0 Å². The van der Waals surface area contributed by atoms with Crippen LogP contribution in [0, 0.1) is 22.7 Å². The van der Waals surface area contributed by atoms with Gasteiger partial charge in [0, 0.05) is 48.3 Å². The van der Waals surface area contributed by atoms with Crippen LogP contribution in [0.15, 0.2) is 0 Å². The maximum Gasteiger partial charge on any atom is 0.110 e. The van der Waals surface area contributed by atoms with Gasteiger partial charge in [0.1, 0.15) is 11.1 Å². The van der Waals surface area contributed by atoms with Crippen molar-refractivity contribution in [3.05, 3.63) is 0 Å². The lowest BCUT2D eigenvalue weighted by atomic mass is 9.70. The standard InChI is InChI=1S/C26H49N7/c1-21(2)15-25(19-27,16-22(3,4)32(21)9)30-13-11-29-12-14-31-26(20-28)17-23(5,6)33(10)24(7,8)18-26/h29-31H,11-18H2,1-10H3. The van der Waals surface area contributed by atoms with Gasteiger partial charge in [0.2, 0.25) is 0 Å². The summed E-state index contributed by atoms with van der Waals surface area (Å²) in [7, 11) is 4.33. The molecule has 0 aromatic heterocycles. The van der Waals surface area contributed by atoms with Crippen molar-refractivity contribution in [3.8, 4) is 12.1 Å². The number of nitrogens with zero attached hydrogens (tertiary/aromatic N) is 4. The van der Waals surface area contributed by atoms with E-state index in [1.807, 2.05) is 0 Å². The van der Waals surface area contributed by atoms with E-state index in [9.17, 15) is 10.5 Å². The van der Waals surface area contributed by atoms with E-state index in [1.54, 1.807) is 0 Å². The molecule has 2 saturated heterocycles. The number of piperidine rings is 2. The van der Waals surface area contributed by atoms with Gasteiger partial charge < -0.3 is 5.32 Å². The normalized spacial score (nSPS) is 27.4. The minimum Gasteiger partial charge on any atom is -0.314 e. The summed E-state index contributed by atoms with van der Waals surface area (Å²) < 4.78 is 0. The summed E-state index contributed by atoms with van der Waals surface area (Å²) in [4.78, 5) is 4.80. The third-order valence-corrected chi connectivity index (χ3v) is 8.53.